The zero-order chi connectivity index (χ0) is 22.6. The molecule has 26 heavy (non-hydrogen) atoms. The lowest BCUT2D eigenvalue weighted by Crippen LogP contribution is -2.04. The Morgan fingerprint density at radius 2 is 1.15 bits per heavy atom. The van der Waals surface area contributed by atoms with Crippen molar-refractivity contribution in [1.29, 1.82) is 0 Å². The van der Waals surface area contributed by atoms with Crippen molar-refractivity contribution in [1.82, 2.24) is 16.0 Å². The molecule has 0 aliphatic carbocycles. The summed E-state index contributed by atoms with van der Waals surface area (Å²) in [5, 5.41) is 8.70. The van der Waals surface area contributed by atoms with Crippen molar-refractivity contribution in [3.8, 4) is 0 Å². The SMILES string of the molecule is CC(N)=O.CCCNC.CCNC.CCOC.CNC.COC.CSC. The highest BCUT2D eigenvalue weighted by molar-refractivity contribution is 7.97. The Morgan fingerprint density at radius 1 is 0.962 bits per heavy atom. The first-order valence-electron chi connectivity index (χ1n) is 8.65. The Morgan fingerprint density at radius 3 is 1.15 bits per heavy atom. The number of nitrogens with one attached hydrogen (secondary N) is 3. The Bertz CT molecular complexity index is 140. The summed E-state index contributed by atoms with van der Waals surface area (Å²) in [5.74, 6) is -0.333. The molecule has 0 fully saturated rings. The molecule has 0 saturated heterocycles. The van der Waals surface area contributed by atoms with Crippen LogP contribution in [-0.2, 0) is 14.3 Å². The average Bonchev–Trinajstić information content (AvgIpc) is 2.58. The van der Waals surface area contributed by atoms with E-state index in [4.69, 9.17) is 0 Å². The molecule has 7 nitrogen and oxygen atoms in total. The van der Waals surface area contributed by atoms with Crippen LogP contribution >= 0.6 is 11.8 Å². The number of methoxy groups -OCH3 is 2. The van der Waals surface area contributed by atoms with Crippen molar-refractivity contribution in [2.75, 3.05) is 81.7 Å². The van der Waals surface area contributed by atoms with E-state index in [-0.39, 0.29) is 5.91 Å². The van der Waals surface area contributed by atoms with Crippen LogP contribution in [0.25, 0.3) is 0 Å². The van der Waals surface area contributed by atoms with Gasteiger partial charge in [-0.15, -0.1) is 0 Å². The summed E-state index contributed by atoms with van der Waals surface area (Å²) in [6.45, 7) is 10.5. The molecule has 8 heteroatoms. The van der Waals surface area contributed by atoms with Crippen LogP contribution in [0.15, 0.2) is 0 Å². The minimum atomic E-state index is -0.333. The molecule has 5 N–H and O–H groups in total. The lowest BCUT2D eigenvalue weighted by atomic mass is 10.5. The van der Waals surface area contributed by atoms with Crippen LogP contribution in [0.5, 0.6) is 0 Å². The van der Waals surface area contributed by atoms with E-state index in [1.807, 2.05) is 47.6 Å². The molecule has 1 amide bonds. The molecular weight excluding hydrogens is 352 g/mol. The van der Waals surface area contributed by atoms with Gasteiger partial charge in [0.15, 0.2) is 0 Å². The van der Waals surface area contributed by atoms with Crippen LogP contribution < -0.4 is 21.7 Å². The van der Waals surface area contributed by atoms with E-state index >= 15 is 0 Å². The average molecular weight is 405 g/mol. The first kappa shape index (κ1) is 44.8. The molecule has 0 atom stereocenters. The van der Waals surface area contributed by atoms with Crippen molar-refractivity contribution in [2.45, 2.75) is 34.1 Å². The second-order valence-electron chi connectivity index (χ2n) is 4.32. The molecule has 0 bridgehead atoms. The molecule has 0 rings (SSSR count). The third-order valence-corrected chi connectivity index (χ3v) is 1.14. The van der Waals surface area contributed by atoms with Crippen LogP contribution in [0.3, 0.4) is 0 Å². The second kappa shape index (κ2) is 86.2. The van der Waals surface area contributed by atoms with Gasteiger partial charge in [-0.05, 0) is 67.1 Å². The van der Waals surface area contributed by atoms with Gasteiger partial charge in [0.25, 0.3) is 0 Å². The van der Waals surface area contributed by atoms with E-state index < -0.39 is 0 Å². The number of hydrogen-bond donors (Lipinski definition) is 4. The van der Waals surface area contributed by atoms with Gasteiger partial charge >= 0.3 is 0 Å². The summed E-state index contributed by atoms with van der Waals surface area (Å²) >= 11 is 1.75. The molecule has 168 valence electrons. The Kier molecular flexibility index (Phi) is 149. The number of thioether (sulfide) groups is 1. The van der Waals surface area contributed by atoms with E-state index in [1.165, 1.54) is 13.3 Å². The van der Waals surface area contributed by atoms with Crippen molar-refractivity contribution in [3.63, 3.8) is 0 Å². The molecule has 0 aromatic heterocycles. The van der Waals surface area contributed by atoms with Gasteiger partial charge in [0.05, 0.1) is 0 Å². The smallest absolute Gasteiger partial charge is 0.214 e. The largest absolute Gasteiger partial charge is 0.388 e. The number of ether oxygens (including phenoxy) is 2. The zero-order valence-corrected chi connectivity index (χ0v) is 20.9. The predicted molar refractivity (Wildman–Crippen MR) is 124 cm³/mol. The summed E-state index contributed by atoms with van der Waals surface area (Å²) in [6.07, 6.45) is 5.32. The summed E-state index contributed by atoms with van der Waals surface area (Å²) in [4.78, 5) is 9.22. The first-order chi connectivity index (χ1) is 12.2. The van der Waals surface area contributed by atoms with Gasteiger partial charge in [0.2, 0.25) is 5.91 Å². The van der Waals surface area contributed by atoms with Gasteiger partial charge < -0.3 is 31.2 Å². The van der Waals surface area contributed by atoms with Gasteiger partial charge in [0.1, 0.15) is 0 Å². The molecule has 0 heterocycles. The first-order valence-corrected chi connectivity index (χ1v) is 10.3. The Labute approximate surface area is 169 Å². The molecule has 0 aliphatic rings. The third-order valence-electron chi connectivity index (χ3n) is 1.14. The fourth-order valence-electron chi connectivity index (χ4n) is 0.250. The number of carbonyl (C=O) groups is 1. The standard InChI is InChI=1S/C4H11N.C3H9N.C3H8O.C2H5NO.C2H7N.C2H6O.C2H6S/c1-3-4-5-2;2*1-3-4-2;1-2(3)4;3*1-3-2/h5H,3-4H2,1-2H3;4H,3H2,1-2H3;3H2,1-2H3;1H3,(H2,3,4);3H,1-2H3;2*1-2H3. The number of primary amides is 1. The molecule has 0 aromatic rings. The molecule has 0 unspecified atom stereocenters. The number of hydrogen-bond acceptors (Lipinski definition) is 7. The molecule has 0 spiro atoms. The van der Waals surface area contributed by atoms with Crippen LogP contribution in [0.4, 0.5) is 0 Å². The van der Waals surface area contributed by atoms with Gasteiger partial charge in [-0.2, -0.15) is 11.8 Å². The number of carbonyl (C=O) groups excluding carboxylic acids is 1. The minimum absolute atomic E-state index is 0.333. The fraction of sp³-hybridized carbons (Fsp3) is 0.944. The summed E-state index contributed by atoms with van der Waals surface area (Å²) in [7, 11) is 12.6. The maximum absolute atomic E-state index is 9.22. The van der Waals surface area contributed by atoms with Gasteiger partial charge in [-0.25, -0.2) is 0 Å². The fourth-order valence-corrected chi connectivity index (χ4v) is 0.250. The maximum atomic E-state index is 9.22. The van der Waals surface area contributed by atoms with E-state index in [1.54, 1.807) is 33.1 Å². The maximum Gasteiger partial charge on any atom is 0.214 e. The number of rotatable bonds is 4. The normalized spacial score (nSPS) is 6.96. The van der Waals surface area contributed by atoms with Gasteiger partial charge in [-0.1, -0.05) is 13.8 Å². The van der Waals surface area contributed by atoms with E-state index in [2.05, 4.69) is 45.0 Å². The van der Waals surface area contributed by atoms with Crippen LogP contribution in [-0.4, -0.2) is 87.6 Å². The van der Waals surface area contributed by atoms with Gasteiger partial charge in [0, 0.05) is 34.9 Å². The van der Waals surface area contributed by atoms with Crippen molar-refractivity contribution >= 4 is 17.7 Å². The monoisotopic (exact) mass is 404 g/mol. The summed E-state index contributed by atoms with van der Waals surface area (Å²) < 4.78 is 8.79. The summed E-state index contributed by atoms with van der Waals surface area (Å²) in [5.41, 5.74) is 4.47. The zero-order valence-electron chi connectivity index (χ0n) is 20.0. The highest BCUT2D eigenvalue weighted by atomic mass is 32.2. The molecule has 0 aromatic carbocycles. The lowest BCUT2D eigenvalue weighted by Gasteiger charge is -1.84. The molecule has 0 saturated carbocycles. The van der Waals surface area contributed by atoms with Crippen molar-refractivity contribution in [3.05, 3.63) is 0 Å². The van der Waals surface area contributed by atoms with Crippen LogP contribution in [0, 0.1) is 0 Å². The van der Waals surface area contributed by atoms with Crippen LogP contribution in [0.2, 0.25) is 0 Å². The van der Waals surface area contributed by atoms with E-state index in [0.717, 1.165) is 19.7 Å². The van der Waals surface area contributed by atoms with E-state index in [9.17, 15) is 4.79 Å². The minimum Gasteiger partial charge on any atom is -0.388 e. The van der Waals surface area contributed by atoms with Crippen molar-refractivity contribution in [2.24, 2.45) is 5.73 Å². The lowest BCUT2D eigenvalue weighted by molar-refractivity contribution is -0.115. The molecular formula is C18H52N4O3S. The third kappa shape index (κ3) is 922. The molecule has 0 aliphatic heterocycles. The van der Waals surface area contributed by atoms with Gasteiger partial charge in [-0.3, -0.25) is 4.79 Å². The Hall–Kier alpha value is -0.380. The highest BCUT2D eigenvalue weighted by Gasteiger charge is 1.64. The quantitative estimate of drug-likeness (QED) is 0.569. The van der Waals surface area contributed by atoms with E-state index in [0.29, 0.717) is 0 Å². The topological polar surface area (TPSA) is 97.6 Å². The van der Waals surface area contributed by atoms with Crippen LogP contribution in [0.1, 0.15) is 34.1 Å². The number of nitrogens with two attached hydrogens (primary N) is 1. The number of amides is 1. The summed E-state index contributed by atoms with van der Waals surface area (Å²) in [6, 6.07) is 0. The predicted octanol–water partition coefficient (Wildman–Crippen LogP) is 2.06. The van der Waals surface area contributed by atoms with Crippen molar-refractivity contribution < 1.29 is 14.3 Å². The second-order valence-corrected chi connectivity index (χ2v) is 5.13. The highest BCUT2D eigenvalue weighted by Crippen LogP contribution is 1.70. The Balaban J connectivity index is -0.0000000327. The molecule has 0 radical (unpaired) electrons.